The summed E-state index contributed by atoms with van der Waals surface area (Å²) in [7, 11) is -3.75. The zero-order valence-electron chi connectivity index (χ0n) is 13.6. The van der Waals surface area contributed by atoms with Crippen LogP contribution in [0.25, 0.3) is 0 Å². The van der Waals surface area contributed by atoms with Gasteiger partial charge in [-0.3, -0.25) is 9.52 Å². The number of rotatable bonds is 6. The van der Waals surface area contributed by atoms with E-state index in [1.807, 2.05) is 0 Å². The number of hydrogen-bond acceptors (Lipinski definition) is 4. The maximum absolute atomic E-state index is 12.5. The minimum Gasteiger partial charge on any atom is -0.376 e. The number of benzene rings is 2. The number of hydrogen-bond donors (Lipinski definition) is 2. The number of amides is 1. The highest BCUT2D eigenvalue weighted by atomic mass is 32.2. The number of para-hydroxylation sites is 1. The molecule has 0 bridgehead atoms. The molecular weight excluding hydrogens is 340 g/mol. The first-order chi connectivity index (χ1) is 12.0. The zero-order valence-corrected chi connectivity index (χ0v) is 14.5. The molecule has 1 amide bonds. The SMILES string of the molecule is O=C(NC[C@@H]1CCCO1)c1cccc(S(=O)(=O)Nc2ccccc2)c1. The Hall–Kier alpha value is -2.38. The normalized spacial score (nSPS) is 17.2. The summed E-state index contributed by atoms with van der Waals surface area (Å²) < 4.78 is 32.9. The number of anilines is 1. The third-order valence-corrected chi connectivity index (χ3v) is 5.33. The molecule has 2 aromatic rings. The molecule has 0 radical (unpaired) electrons. The van der Waals surface area contributed by atoms with Crippen molar-refractivity contribution in [3.63, 3.8) is 0 Å². The van der Waals surface area contributed by atoms with Gasteiger partial charge in [-0.2, -0.15) is 0 Å². The van der Waals surface area contributed by atoms with Gasteiger partial charge >= 0.3 is 0 Å². The lowest BCUT2D eigenvalue weighted by Crippen LogP contribution is -2.31. The molecule has 0 unspecified atom stereocenters. The molecule has 132 valence electrons. The largest absolute Gasteiger partial charge is 0.376 e. The first kappa shape index (κ1) is 17.4. The fraction of sp³-hybridized carbons (Fsp3) is 0.278. The summed E-state index contributed by atoms with van der Waals surface area (Å²) in [5.74, 6) is -0.313. The minimum atomic E-state index is -3.75. The molecule has 3 rings (SSSR count). The Kier molecular flexibility index (Phi) is 5.35. The van der Waals surface area contributed by atoms with Gasteiger partial charge in [-0.25, -0.2) is 8.42 Å². The number of sulfonamides is 1. The summed E-state index contributed by atoms with van der Waals surface area (Å²) in [4.78, 5) is 12.3. The summed E-state index contributed by atoms with van der Waals surface area (Å²) in [6, 6.07) is 14.6. The molecule has 1 atom stereocenters. The second kappa shape index (κ2) is 7.67. The van der Waals surface area contributed by atoms with Crippen molar-refractivity contribution in [2.24, 2.45) is 0 Å². The number of nitrogens with one attached hydrogen (secondary N) is 2. The maximum Gasteiger partial charge on any atom is 0.261 e. The summed E-state index contributed by atoms with van der Waals surface area (Å²) in [5, 5.41) is 2.79. The topological polar surface area (TPSA) is 84.5 Å². The van der Waals surface area contributed by atoms with Gasteiger partial charge in [0.1, 0.15) is 0 Å². The quantitative estimate of drug-likeness (QED) is 0.828. The fourth-order valence-electron chi connectivity index (χ4n) is 2.64. The predicted octanol–water partition coefficient (Wildman–Crippen LogP) is 2.40. The number of ether oxygens (including phenoxy) is 1. The van der Waals surface area contributed by atoms with Gasteiger partial charge in [0.25, 0.3) is 15.9 Å². The van der Waals surface area contributed by atoms with E-state index in [4.69, 9.17) is 4.74 Å². The van der Waals surface area contributed by atoms with Crippen LogP contribution in [0.2, 0.25) is 0 Å². The summed E-state index contributed by atoms with van der Waals surface area (Å²) in [6.07, 6.45) is 1.96. The van der Waals surface area contributed by atoms with Crippen LogP contribution in [0, 0.1) is 0 Å². The van der Waals surface area contributed by atoms with Crippen LogP contribution >= 0.6 is 0 Å². The van der Waals surface area contributed by atoms with E-state index in [0.29, 0.717) is 17.8 Å². The summed E-state index contributed by atoms with van der Waals surface area (Å²) in [6.45, 7) is 1.15. The Labute approximate surface area is 147 Å². The summed E-state index contributed by atoms with van der Waals surface area (Å²) in [5.41, 5.74) is 0.768. The highest BCUT2D eigenvalue weighted by molar-refractivity contribution is 7.92. The number of carbonyl (C=O) groups is 1. The molecule has 2 aromatic carbocycles. The lowest BCUT2D eigenvalue weighted by Gasteiger charge is -2.12. The van der Waals surface area contributed by atoms with Crippen LogP contribution < -0.4 is 10.0 Å². The van der Waals surface area contributed by atoms with Crippen LogP contribution in [0.15, 0.2) is 59.5 Å². The van der Waals surface area contributed by atoms with E-state index in [9.17, 15) is 13.2 Å². The minimum absolute atomic E-state index is 0.0376. The molecule has 6 nitrogen and oxygen atoms in total. The predicted molar refractivity (Wildman–Crippen MR) is 95.0 cm³/mol. The third-order valence-electron chi connectivity index (χ3n) is 3.95. The molecule has 2 N–H and O–H groups in total. The first-order valence-corrected chi connectivity index (χ1v) is 9.61. The molecule has 0 aromatic heterocycles. The summed E-state index contributed by atoms with van der Waals surface area (Å²) >= 11 is 0. The van der Waals surface area contributed by atoms with E-state index < -0.39 is 10.0 Å². The average Bonchev–Trinajstić information content (AvgIpc) is 3.14. The van der Waals surface area contributed by atoms with Gasteiger partial charge in [0.2, 0.25) is 0 Å². The van der Waals surface area contributed by atoms with E-state index in [1.54, 1.807) is 42.5 Å². The third kappa shape index (κ3) is 4.58. The van der Waals surface area contributed by atoms with Crippen LogP contribution in [0.5, 0.6) is 0 Å². The molecule has 0 saturated carbocycles. The van der Waals surface area contributed by atoms with Gasteiger partial charge in [-0.15, -0.1) is 0 Å². The Bertz CT molecular complexity index is 831. The molecule has 1 heterocycles. The van der Waals surface area contributed by atoms with Crippen molar-refractivity contribution in [2.75, 3.05) is 17.9 Å². The van der Waals surface area contributed by atoms with E-state index in [0.717, 1.165) is 19.4 Å². The fourth-order valence-corrected chi connectivity index (χ4v) is 3.74. The van der Waals surface area contributed by atoms with Crippen LogP contribution in [-0.4, -0.2) is 33.6 Å². The lowest BCUT2D eigenvalue weighted by atomic mass is 10.2. The highest BCUT2D eigenvalue weighted by Gasteiger charge is 2.19. The molecular formula is C18H20N2O4S. The van der Waals surface area contributed by atoms with E-state index >= 15 is 0 Å². The van der Waals surface area contributed by atoms with Crippen LogP contribution in [-0.2, 0) is 14.8 Å². The van der Waals surface area contributed by atoms with Crippen molar-refractivity contribution in [3.8, 4) is 0 Å². The molecule has 7 heteroatoms. The molecule has 25 heavy (non-hydrogen) atoms. The standard InChI is InChI=1S/C18H20N2O4S/c21-18(19-13-16-9-5-11-24-16)14-6-4-10-17(12-14)25(22,23)20-15-7-2-1-3-8-15/h1-4,6-8,10,12,16,20H,5,9,11,13H2,(H,19,21)/t16-/m0/s1. The van der Waals surface area contributed by atoms with Crippen molar-refractivity contribution < 1.29 is 17.9 Å². The van der Waals surface area contributed by atoms with Crippen LogP contribution in [0.4, 0.5) is 5.69 Å². The highest BCUT2D eigenvalue weighted by Crippen LogP contribution is 2.17. The molecule has 1 aliphatic rings. The number of carbonyl (C=O) groups excluding carboxylic acids is 1. The van der Waals surface area contributed by atoms with Gasteiger partial charge in [0.05, 0.1) is 11.0 Å². The lowest BCUT2D eigenvalue weighted by molar-refractivity contribution is 0.0857. The Morgan fingerprint density at radius 3 is 2.64 bits per heavy atom. The van der Waals surface area contributed by atoms with E-state index in [-0.39, 0.29) is 16.9 Å². The zero-order chi connectivity index (χ0) is 17.7. The molecule has 1 aliphatic heterocycles. The van der Waals surface area contributed by atoms with Crippen molar-refractivity contribution in [1.82, 2.24) is 5.32 Å². The molecule has 0 aliphatic carbocycles. The monoisotopic (exact) mass is 360 g/mol. The van der Waals surface area contributed by atoms with E-state index in [2.05, 4.69) is 10.0 Å². The van der Waals surface area contributed by atoms with Crippen molar-refractivity contribution in [2.45, 2.75) is 23.8 Å². The Balaban J connectivity index is 1.70. The first-order valence-electron chi connectivity index (χ1n) is 8.12. The van der Waals surface area contributed by atoms with Gasteiger partial charge < -0.3 is 10.1 Å². The molecule has 0 spiro atoms. The second-order valence-electron chi connectivity index (χ2n) is 5.84. The smallest absolute Gasteiger partial charge is 0.261 e. The van der Waals surface area contributed by atoms with E-state index in [1.165, 1.54) is 12.1 Å². The molecule has 1 saturated heterocycles. The van der Waals surface area contributed by atoms with Crippen LogP contribution in [0.3, 0.4) is 0 Å². The van der Waals surface area contributed by atoms with Gasteiger partial charge in [0.15, 0.2) is 0 Å². The Morgan fingerprint density at radius 1 is 1.12 bits per heavy atom. The Morgan fingerprint density at radius 2 is 1.92 bits per heavy atom. The maximum atomic E-state index is 12.5. The van der Waals surface area contributed by atoms with Crippen molar-refractivity contribution in [1.29, 1.82) is 0 Å². The van der Waals surface area contributed by atoms with Gasteiger partial charge in [0, 0.05) is 24.4 Å². The second-order valence-corrected chi connectivity index (χ2v) is 7.53. The van der Waals surface area contributed by atoms with Crippen molar-refractivity contribution in [3.05, 3.63) is 60.2 Å². The van der Waals surface area contributed by atoms with Crippen molar-refractivity contribution >= 4 is 21.6 Å². The van der Waals surface area contributed by atoms with Gasteiger partial charge in [-0.1, -0.05) is 24.3 Å². The van der Waals surface area contributed by atoms with Gasteiger partial charge in [-0.05, 0) is 43.2 Å². The average molecular weight is 360 g/mol. The van der Waals surface area contributed by atoms with Crippen LogP contribution in [0.1, 0.15) is 23.2 Å². The molecule has 1 fully saturated rings.